The lowest BCUT2D eigenvalue weighted by atomic mass is 9.85. The van der Waals surface area contributed by atoms with Crippen LogP contribution in [0.4, 0.5) is 0 Å². The minimum atomic E-state index is 0.777. The van der Waals surface area contributed by atoms with Gasteiger partial charge in [0.15, 0.2) is 12.3 Å². The van der Waals surface area contributed by atoms with Crippen molar-refractivity contribution in [2.45, 2.75) is 45.3 Å². The molecule has 2 heteroatoms. The molecule has 0 aromatic carbocycles. The molecule has 0 saturated heterocycles. The van der Waals surface area contributed by atoms with Gasteiger partial charge in [-0.2, -0.15) is 0 Å². The largest absolute Gasteiger partial charge is 0.287 e. The van der Waals surface area contributed by atoms with Crippen LogP contribution in [0.1, 0.15) is 38.3 Å². The highest BCUT2D eigenvalue weighted by molar-refractivity contribution is 5.74. The molecule has 2 atom stereocenters. The van der Waals surface area contributed by atoms with Crippen molar-refractivity contribution < 1.29 is 4.58 Å². The molecule has 1 aromatic rings. The summed E-state index contributed by atoms with van der Waals surface area (Å²) in [5.74, 6) is 0.861. The third-order valence-electron chi connectivity index (χ3n) is 3.97. The molecule has 1 aliphatic heterocycles. The predicted molar refractivity (Wildman–Crippen MR) is 61.3 cm³/mol. The summed E-state index contributed by atoms with van der Waals surface area (Å²) in [4.78, 5) is 0. The van der Waals surface area contributed by atoms with Gasteiger partial charge in [-0.05, 0) is 25.0 Å². The van der Waals surface area contributed by atoms with Crippen LogP contribution in [0.2, 0.25) is 0 Å². The number of hydrogen-bond donors (Lipinski definition) is 0. The Kier molecular flexibility index (Phi) is 2.15. The second-order valence-electron chi connectivity index (χ2n) is 5.02. The third-order valence-corrected chi connectivity index (χ3v) is 3.97. The van der Waals surface area contributed by atoms with Gasteiger partial charge >= 0.3 is 0 Å². The fourth-order valence-corrected chi connectivity index (χ4v) is 3.05. The van der Waals surface area contributed by atoms with Crippen LogP contribution in [0.25, 0.3) is 0 Å². The number of fused-ring (bicyclic) bond motifs is 1. The molecule has 2 nitrogen and oxygen atoms in total. The van der Waals surface area contributed by atoms with Crippen LogP contribution in [0.15, 0.2) is 18.3 Å². The molecule has 2 heterocycles. The van der Waals surface area contributed by atoms with E-state index in [0.29, 0.717) is 0 Å². The van der Waals surface area contributed by atoms with E-state index >= 15 is 0 Å². The van der Waals surface area contributed by atoms with E-state index in [-0.39, 0.29) is 0 Å². The van der Waals surface area contributed by atoms with Gasteiger partial charge in [-0.15, -0.1) is 0 Å². The van der Waals surface area contributed by atoms with Gasteiger partial charge in [-0.3, -0.25) is 4.57 Å². The lowest BCUT2D eigenvalue weighted by Gasteiger charge is -2.25. The van der Waals surface area contributed by atoms with Crippen molar-refractivity contribution in [1.82, 2.24) is 4.57 Å². The molecule has 1 fully saturated rings. The van der Waals surface area contributed by atoms with E-state index in [0.717, 1.165) is 18.6 Å². The van der Waals surface area contributed by atoms with Gasteiger partial charge in [-0.1, -0.05) is 13.3 Å². The van der Waals surface area contributed by atoms with E-state index in [1.807, 2.05) is 0 Å². The summed E-state index contributed by atoms with van der Waals surface area (Å²) in [5.41, 5.74) is 1.37. The third kappa shape index (κ3) is 1.52. The highest BCUT2D eigenvalue weighted by atomic mass is 15.2. The fraction of sp³-hybridized carbons (Fsp3) is 0.615. The summed E-state index contributed by atoms with van der Waals surface area (Å²) >= 11 is 0. The topological polar surface area (TPSA) is 7.94 Å². The van der Waals surface area contributed by atoms with Crippen molar-refractivity contribution in [2.24, 2.45) is 5.92 Å². The Labute approximate surface area is 91.2 Å². The van der Waals surface area contributed by atoms with Gasteiger partial charge < -0.3 is 0 Å². The van der Waals surface area contributed by atoms with Crippen LogP contribution in [0.5, 0.6) is 0 Å². The van der Waals surface area contributed by atoms with E-state index in [9.17, 15) is 0 Å². The molecule has 0 bridgehead atoms. The lowest BCUT2D eigenvalue weighted by molar-refractivity contribution is -0.595. The first kappa shape index (κ1) is 9.20. The Morgan fingerprint density at radius 1 is 1.33 bits per heavy atom. The van der Waals surface area contributed by atoms with Gasteiger partial charge in [0.05, 0.1) is 0 Å². The average molecular weight is 203 g/mol. The number of nitrogens with zero attached hydrogens (tertiary/aromatic N) is 2. The molecule has 0 spiro atoms. The van der Waals surface area contributed by atoms with E-state index < -0.39 is 0 Å². The van der Waals surface area contributed by atoms with Gasteiger partial charge in [-0.25, -0.2) is 4.58 Å². The Morgan fingerprint density at radius 2 is 2.20 bits per heavy atom. The minimum Gasteiger partial charge on any atom is -0.287 e. The van der Waals surface area contributed by atoms with Crippen molar-refractivity contribution >= 4 is 6.21 Å². The fourth-order valence-electron chi connectivity index (χ4n) is 3.05. The van der Waals surface area contributed by atoms with E-state index in [1.165, 1.54) is 31.4 Å². The van der Waals surface area contributed by atoms with E-state index in [2.05, 4.69) is 40.6 Å². The van der Waals surface area contributed by atoms with Crippen LogP contribution in [0.3, 0.4) is 0 Å². The van der Waals surface area contributed by atoms with Crippen LogP contribution >= 0.6 is 0 Å². The number of aromatic nitrogens is 1. The van der Waals surface area contributed by atoms with Crippen LogP contribution in [0, 0.1) is 5.92 Å². The molecule has 2 aliphatic rings. The summed E-state index contributed by atoms with van der Waals surface area (Å²) in [5, 5.41) is 0. The maximum absolute atomic E-state index is 2.54. The maximum Gasteiger partial charge on any atom is 0.222 e. The molecule has 0 N–H and O–H groups in total. The zero-order valence-electron chi connectivity index (χ0n) is 9.39. The summed E-state index contributed by atoms with van der Waals surface area (Å²) in [6.07, 6.45) is 10.1. The first-order valence-corrected chi connectivity index (χ1v) is 6.10. The maximum atomic E-state index is 2.54. The Balaban J connectivity index is 1.82. The van der Waals surface area contributed by atoms with Gasteiger partial charge in [0.1, 0.15) is 5.69 Å². The molecule has 0 amide bonds. The lowest BCUT2D eigenvalue weighted by Crippen LogP contribution is -2.34. The quantitative estimate of drug-likeness (QED) is 0.620. The molecule has 1 aromatic heterocycles. The standard InChI is InChI=1S/C13H19N2/c1-11-5-2-3-7-13(11)15-9-12-6-4-8-14(12)10-15/h4,6,8-9,11,13H,2-3,5,7,10H2,1H3/q+1. The number of hydrogen-bond acceptors (Lipinski definition) is 0. The van der Waals surface area contributed by atoms with Crippen LogP contribution in [-0.2, 0) is 6.67 Å². The molecular weight excluding hydrogens is 184 g/mol. The molecular formula is C13H19N2+. The molecule has 80 valence electrons. The predicted octanol–water partition coefficient (Wildman–Crippen LogP) is 2.47. The SMILES string of the molecule is CC1CCCCC1[N+]1=Cc2cccn2C1. The Bertz CT molecular complexity index is 389. The molecule has 1 aliphatic carbocycles. The monoisotopic (exact) mass is 203 g/mol. The van der Waals surface area contributed by atoms with Crippen LogP contribution in [-0.4, -0.2) is 21.4 Å². The molecule has 0 radical (unpaired) electrons. The number of rotatable bonds is 1. The summed E-state index contributed by atoms with van der Waals surface area (Å²) in [6.45, 7) is 3.47. The zero-order chi connectivity index (χ0) is 10.3. The summed E-state index contributed by atoms with van der Waals surface area (Å²) in [6, 6.07) is 5.11. The Morgan fingerprint density at radius 3 is 3.00 bits per heavy atom. The van der Waals surface area contributed by atoms with Crippen molar-refractivity contribution in [3.8, 4) is 0 Å². The van der Waals surface area contributed by atoms with Crippen molar-refractivity contribution in [3.63, 3.8) is 0 Å². The van der Waals surface area contributed by atoms with Gasteiger partial charge in [0.2, 0.25) is 6.67 Å². The van der Waals surface area contributed by atoms with E-state index in [1.54, 1.807) is 0 Å². The van der Waals surface area contributed by atoms with Gasteiger partial charge in [0.25, 0.3) is 0 Å². The highest BCUT2D eigenvalue weighted by Gasteiger charge is 2.32. The second-order valence-corrected chi connectivity index (χ2v) is 5.02. The summed E-state index contributed by atoms with van der Waals surface area (Å²) in [7, 11) is 0. The van der Waals surface area contributed by atoms with Crippen molar-refractivity contribution in [1.29, 1.82) is 0 Å². The average Bonchev–Trinajstić information content (AvgIpc) is 2.77. The highest BCUT2D eigenvalue weighted by Crippen LogP contribution is 2.27. The molecule has 15 heavy (non-hydrogen) atoms. The zero-order valence-corrected chi connectivity index (χ0v) is 9.39. The normalized spacial score (nSPS) is 30.1. The van der Waals surface area contributed by atoms with E-state index in [4.69, 9.17) is 0 Å². The molecule has 1 saturated carbocycles. The molecule has 2 unspecified atom stereocenters. The second kappa shape index (κ2) is 3.51. The first-order chi connectivity index (χ1) is 7.34. The Hall–Kier alpha value is -1.05. The van der Waals surface area contributed by atoms with Crippen LogP contribution < -0.4 is 0 Å². The smallest absolute Gasteiger partial charge is 0.222 e. The van der Waals surface area contributed by atoms with Crippen molar-refractivity contribution in [3.05, 3.63) is 24.0 Å². The first-order valence-electron chi connectivity index (χ1n) is 6.10. The minimum absolute atomic E-state index is 0.777. The summed E-state index contributed by atoms with van der Waals surface area (Å²) < 4.78 is 4.88. The van der Waals surface area contributed by atoms with Gasteiger partial charge in [0, 0.05) is 18.5 Å². The molecule has 3 rings (SSSR count). The van der Waals surface area contributed by atoms with Crippen molar-refractivity contribution in [2.75, 3.05) is 0 Å².